The van der Waals surface area contributed by atoms with Gasteiger partial charge in [-0.3, -0.25) is 0 Å². The van der Waals surface area contributed by atoms with Crippen LogP contribution in [0.5, 0.6) is 0 Å². The van der Waals surface area contributed by atoms with Crippen LogP contribution in [0.2, 0.25) is 0 Å². The third-order valence-corrected chi connectivity index (χ3v) is 8.90. The van der Waals surface area contributed by atoms with Crippen molar-refractivity contribution in [3.05, 3.63) is 77.1 Å². The van der Waals surface area contributed by atoms with Gasteiger partial charge in [-0.15, -0.1) is 0 Å². The first-order chi connectivity index (χ1) is 14.3. The smallest absolute Gasteiger partial charge is 0.243 e. The topological polar surface area (TPSA) is 54.3 Å². The fourth-order valence-electron chi connectivity index (χ4n) is 4.97. The van der Waals surface area contributed by atoms with E-state index in [1.54, 1.807) is 16.4 Å². The number of hydrogen-bond acceptors (Lipinski definition) is 3. The molecule has 0 saturated carbocycles. The summed E-state index contributed by atoms with van der Waals surface area (Å²) in [7, 11) is -3.49. The molecule has 2 aliphatic rings. The Kier molecular flexibility index (Phi) is 4.35. The number of aromatic nitrogens is 1. The van der Waals surface area contributed by atoms with Crippen LogP contribution in [0.15, 0.2) is 59.6 Å². The summed E-state index contributed by atoms with van der Waals surface area (Å²) in [5, 5.41) is 3.80. The van der Waals surface area contributed by atoms with Crippen molar-refractivity contribution in [3.8, 4) is 5.69 Å². The van der Waals surface area contributed by atoms with E-state index in [-0.39, 0.29) is 5.54 Å². The molecule has 2 aromatic carbocycles. The van der Waals surface area contributed by atoms with Gasteiger partial charge in [0.2, 0.25) is 10.0 Å². The van der Waals surface area contributed by atoms with Crippen LogP contribution in [0, 0.1) is 20.8 Å². The number of sulfonamides is 1. The van der Waals surface area contributed by atoms with Crippen molar-refractivity contribution in [3.63, 3.8) is 0 Å². The normalized spacial score (nSPS) is 18.0. The van der Waals surface area contributed by atoms with Crippen molar-refractivity contribution < 1.29 is 8.42 Å². The molecule has 30 heavy (non-hydrogen) atoms. The summed E-state index contributed by atoms with van der Waals surface area (Å²) in [6, 6.07) is 15.8. The standard InChI is InChI=1S/C24H27N3O2S/c1-17-10-11-20-23(19(17)3)27-14-6-9-22(27)24(25-20)12-15-26(16-13-24)30(28,29)21-8-5-4-7-18(21)2/h4-11,14,25H,12-13,15-16H2,1-3H3. The minimum Gasteiger partial charge on any atom is -0.372 e. The van der Waals surface area contributed by atoms with Crippen LogP contribution in [0.4, 0.5) is 5.69 Å². The lowest BCUT2D eigenvalue weighted by atomic mass is 9.82. The molecule has 0 bridgehead atoms. The number of aryl methyl sites for hydroxylation is 2. The molecule has 1 spiro atoms. The molecule has 0 amide bonds. The Morgan fingerprint density at radius 2 is 1.63 bits per heavy atom. The van der Waals surface area contributed by atoms with E-state index >= 15 is 0 Å². The Hall–Kier alpha value is -2.57. The number of anilines is 1. The molecule has 0 aliphatic carbocycles. The largest absolute Gasteiger partial charge is 0.372 e. The van der Waals surface area contributed by atoms with E-state index in [4.69, 9.17) is 0 Å². The SMILES string of the molecule is Cc1ccccc1S(=O)(=O)N1CCC2(CC1)Nc1ccc(C)c(C)c1-n1cccc12. The van der Waals surface area contributed by atoms with Gasteiger partial charge in [0.15, 0.2) is 0 Å². The van der Waals surface area contributed by atoms with E-state index in [0.29, 0.717) is 18.0 Å². The minimum atomic E-state index is -3.49. The van der Waals surface area contributed by atoms with Crippen LogP contribution in [0.1, 0.15) is 35.2 Å². The predicted molar refractivity (Wildman–Crippen MR) is 120 cm³/mol. The van der Waals surface area contributed by atoms with Crippen molar-refractivity contribution in [2.24, 2.45) is 0 Å². The average Bonchev–Trinajstić information content (AvgIpc) is 3.22. The molecule has 3 aromatic rings. The number of benzene rings is 2. The highest BCUT2D eigenvalue weighted by molar-refractivity contribution is 7.89. The summed E-state index contributed by atoms with van der Waals surface area (Å²) < 4.78 is 30.4. The molecule has 6 heteroatoms. The van der Waals surface area contributed by atoms with Crippen LogP contribution >= 0.6 is 0 Å². The number of fused-ring (bicyclic) bond motifs is 4. The van der Waals surface area contributed by atoms with Crippen LogP contribution in [0.25, 0.3) is 5.69 Å². The Labute approximate surface area is 178 Å². The maximum absolute atomic E-state index is 13.3. The van der Waals surface area contributed by atoms with Gasteiger partial charge in [-0.25, -0.2) is 8.42 Å². The molecular weight excluding hydrogens is 394 g/mol. The second-order valence-corrected chi connectivity index (χ2v) is 10.5. The lowest BCUT2D eigenvalue weighted by molar-refractivity contribution is 0.247. The van der Waals surface area contributed by atoms with E-state index in [1.807, 2.05) is 19.1 Å². The van der Waals surface area contributed by atoms with E-state index in [1.165, 1.54) is 22.5 Å². The zero-order chi connectivity index (χ0) is 21.1. The van der Waals surface area contributed by atoms with Gasteiger partial charge in [-0.05, 0) is 74.6 Å². The Morgan fingerprint density at radius 1 is 0.900 bits per heavy atom. The maximum Gasteiger partial charge on any atom is 0.243 e. The monoisotopic (exact) mass is 421 g/mol. The van der Waals surface area contributed by atoms with E-state index in [2.05, 4.69) is 54.2 Å². The van der Waals surface area contributed by atoms with Crippen molar-refractivity contribution in [2.75, 3.05) is 18.4 Å². The highest BCUT2D eigenvalue weighted by Gasteiger charge is 2.44. The fourth-order valence-corrected chi connectivity index (χ4v) is 6.64. The summed E-state index contributed by atoms with van der Waals surface area (Å²) in [5.41, 5.74) is 6.62. The Bertz CT molecular complexity index is 1240. The van der Waals surface area contributed by atoms with Gasteiger partial charge in [0.25, 0.3) is 0 Å². The van der Waals surface area contributed by atoms with E-state index in [9.17, 15) is 8.42 Å². The molecule has 1 N–H and O–H groups in total. The molecule has 3 heterocycles. The van der Waals surface area contributed by atoms with Crippen molar-refractivity contribution in [1.29, 1.82) is 0 Å². The molecule has 1 aromatic heterocycles. The molecule has 2 aliphatic heterocycles. The van der Waals surface area contributed by atoms with Crippen LogP contribution in [-0.2, 0) is 15.6 Å². The van der Waals surface area contributed by atoms with Gasteiger partial charge >= 0.3 is 0 Å². The van der Waals surface area contributed by atoms with Gasteiger partial charge < -0.3 is 9.88 Å². The second kappa shape index (κ2) is 6.72. The predicted octanol–water partition coefficient (Wildman–Crippen LogP) is 4.51. The molecule has 5 nitrogen and oxygen atoms in total. The Balaban J connectivity index is 1.48. The van der Waals surface area contributed by atoms with Crippen LogP contribution in [-0.4, -0.2) is 30.4 Å². The van der Waals surface area contributed by atoms with Crippen molar-refractivity contribution in [1.82, 2.24) is 8.87 Å². The summed E-state index contributed by atoms with van der Waals surface area (Å²) >= 11 is 0. The number of nitrogens with zero attached hydrogens (tertiary/aromatic N) is 2. The van der Waals surface area contributed by atoms with E-state index < -0.39 is 10.0 Å². The lowest BCUT2D eigenvalue weighted by Crippen LogP contribution is -2.51. The zero-order valence-corrected chi connectivity index (χ0v) is 18.5. The van der Waals surface area contributed by atoms with Gasteiger partial charge in [0.1, 0.15) is 0 Å². The minimum absolute atomic E-state index is 0.254. The lowest BCUT2D eigenvalue weighted by Gasteiger charge is -2.46. The summed E-state index contributed by atoms with van der Waals surface area (Å²) in [6.45, 7) is 7.15. The first-order valence-corrected chi connectivity index (χ1v) is 11.9. The molecule has 0 radical (unpaired) electrons. The molecule has 1 saturated heterocycles. The molecular formula is C24H27N3O2S. The quantitative estimate of drug-likeness (QED) is 0.662. The second-order valence-electron chi connectivity index (χ2n) is 8.54. The van der Waals surface area contributed by atoms with E-state index in [0.717, 1.165) is 24.1 Å². The third-order valence-electron chi connectivity index (χ3n) is 6.84. The van der Waals surface area contributed by atoms with Gasteiger partial charge in [0, 0.05) is 25.0 Å². The van der Waals surface area contributed by atoms with Crippen LogP contribution < -0.4 is 5.32 Å². The summed E-state index contributed by atoms with van der Waals surface area (Å²) in [5.74, 6) is 0. The maximum atomic E-state index is 13.3. The highest BCUT2D eigenvalue weighted by Crippen LogP contribution is 2.45. The summed E-state index contributed by atoms with van der Waals surface area (Å²) in [6.07, 6.45) is 3.59. The molecule has 0 atom stereocenters. The van der Waals surface area contributed by atoms with Gasteiger partial charge in [-0.2, -0.15) is 4.31 Å². The molecule has 1 fully saturated rings. The highest BCUT2D eigenvalue weighted by atomic mass is 32.2. The third kappa shape index (κ3) is 2.74. The summed E-state index contributed by atoms with van der Waals surface area (Å²) in [4.78, 5) is 0.414. The average molecular weight is 422 g/mol. The fraction of sp³-hybridized carbons (Fsp3) is 0.333. The Morgan fingerprint density at radius 3 is 2.37 bits per heavy atom. The molecule has 0 unspecified atom stereocenters. The number of piperidine rings is 1. The van der Waals surface area contributed by atoms with Crippen molar-refractivity contribution in [2.45, 2.75) is 44.0 Å². The number of rotatable bonds is 2. The van der Waals surface area contributed by atoms with Gasteiger partial charge in [0.05, 0.1) is 21.8 Å². The zero-order valence-electron chi connectivity index (χ0n) is 17.6. The first kappa shape index (κ1) is 19.4. The van der Waals surface area contributed by atoms with Crippen LogP contribution in [0.3, 0.4) is 0 Å². The first-order valence-electron chi connectivity index (χ1n) is 10.5. The van der Waals surface area contributed by atoms with Crippen molar-refractivity contribution >= 4 is 15.7 Å². The molecule has 156 valence electrons. The number of hydrogen-bond donors (Lipinski definition) is 1. The van der Waals surface area contributed by atoms with Gasteiger partial charge in [-0.1, -0.05) is 24.3 Å². The molecule has 5 rings (SSSR count). The number of nitrogens with one attached hydrogen (secondary N) is 1.